The van der Waals surface area contributed by atoms with Crippen molar-refractivity contribution < 1.29 is 21.6 Å². The van der Waals surface area contributed by atoms with Gasteiger partial charge in [0.1, 0.15) is 0 Å². The minimum Gasteiger partial charge on any atom is -0.399 e. The maximum absolute atomic E-state index is 13.4. The third-order valence-corrected chi connectivity index (χ3v) is 9.15. The van der Waals surface area contributed by atoms with Gasteiger partial charge < -0.3 is 15.5 Å². The number of anilines is 2. The molecule has 1 heterocycles. The molecule has 2 aromatic carbocycles. The zero-order valence-corrected chi connectivity index (χ0v) is 21.3. The van der Waals surface area contributed by atoms with Crippen molar-refractivity contribution in [3.63, 3.8) is 0 Å². The van der Waals surface area contributed by atoms with Gasteiger partial charge in [0, 0.05) is 19.3 Å². The van der Waals surface area contributed by atoms with Gasteiger partial charge in [-0.15, -0.1) is 0 Å². The number of carbonyl (C=O) groups excluding carboxylic acids is 1. The number of sulfonamides is 2. The highest BCUT2D eigenvalue weighted by atomic mass is 32.3. The van der Waals surface area contributed by atoms with Crippen LogP contribution in [0.15, 0.2) is 48.5 Å². The molecular formula is C23H32N4O5S2. The lowest BCUT2D eigenvalue weighted by atomic mass is 10.0. The molecule has 1 atom stereocenters. The van der Waals surface area contributed by atoms with E-state index in [-0.39, 0.29) is 35.3 Å². The van der Waals surface area contributed by atoms with Crippen LogP contribution in [0.3, 0.4) is 0 Å². The Morgan fingerprint density at radius 3 is 2.15 bits per heavy atom. The first-order valence-corrected chi connectivity index (χ1v) is 14.7. The smallest absolute Gasteiger partial charge is 0.245 e. The number of rotatable bonds is 9. The van der Waals surface area contributed by atoms with E-state index >= 15 is 0 Å². The zero-order chi connectivity index (χ0) is 25.1. The van der Waals surface area contributed by atoms with E-state index < -0.39 is 20.0 Å². The maximum atomic E-state index is 13.4. The van der Waals surface area contributed by atoms with Gasteiger partial charge in [-0.2, -0.15) is 3.71 Å². The largest absolute Gasteiger partial charge is 0.399 e. The Labute approximate surface area is 202 Å². The predicted molar refractivity (Wildman–Crippen MR) is 134 cm³/mol. The molecular weight excluding hydrogens is 476 g/mol. The molecule has 186 valence electrons. The summed E-state index contributed by atoms with van der Waals surface area (Å²) in [6.45, 7) is 2.63. The number of nitrogens with two attached hydrogens (primary N) is 1. The number of amides is 1. The molecule has 1 aliphatic rings. The zero-order valence-electron chi connectivity index (χ0n) is 19.7. The minimum absolute atomic E-state index is 0.137. The van der Waals surface area contributed by atoms with E-state index in [9.17, 15) is 21.6 Å². The van der Waals surface area contributed by atoms with E-state index in [1.54, 1.807) is 11.9 Å². The molecule has 1 fully saturated rings. The minimum atomic E-state index is -4.19. The van der Waals surface area contributed by atoms with Crippen LogP contribution >= 0.6 is 0 Å². The van der Waals surface area contributed by atoms with E-state index in [4.69, 9.17) is 5.73 Å². The van der Waals surface area contributed by atoms with Crippen molar-refractivity contribution in [2.75, 3.05) is 48.6 Å². The van der Waals surface area contributed by atoms with Crippen LogP contribution in [0.5, 0.6) is 0 Å². The predicted octanol–water partition coefficient (Wildman–Crippen LogP) is 1.83. The lowest BCUT2D eigenvalue weighted by molar-refractivity contribution is -0.131. The standard InChI is InChI=1S/C23H32N4O5S2/c1-25(22(17-26-13-7-8-14-26)18-9-5-4-6-10-18)23(28)15-19-11-12-20(24)16-21(19)27(33(2,29)30)34(3,31)32/h4-6,9-12,16,22H,7-8,13-15,17,24H2,1-3H3/t22-/m1/s1. The van der Waals surface area contributed by atoms with Gasteiger partial charge in [-0.05, 0) is 49.2 Å². The van der Waals surface area contributed by atoms with E-state index in [1.165, 1.54) is 18.2 Å². The van der Waals surface area contributed by atoms with E-state index in [2.05, 4.69) is 4.90 Å². The van der Waals surface area contributed by atoms with E-state index in [0.717, 1.165) is 44.0 Å². The van der Waals surface area contributed by atoms with Gasteiger partial charge in [0.05, 0.1) is 30.7 Å². The molecule has 0 aromatic heterocycles. The fraction of sp³-hybridized carbons (Fsp3) is 0.435. The molecule has 1 aliphatic heterocycles. The average molecular weight is 509 g/mol. The summed E-state index contributed by atoms with van der Waals surface area (Å²) in [6, 6.07) is 13.8. The second-order valence-electron chi connectivity index (χ2n) is 8.73. The topological polar surface area (TPSA) is 121 Å². The van der Waals surface area contributed by atoms with Crippen molar-refractivity contribution in [3.8, 4) is 0 Å². The van der Waals surface area contributed by atoms with E-state index in [0.29, 0.717) is 10.3 Å². The van der Waals surface area contributed by atoms with Crippen molar-refractivity contribution in [1.29, 1.82) is 0 Å². The second-order valence-corrected chi connectivity index (χ2v) is 12.6. The summed E-state index contributed by atoms with van der Waals surface area (Å²) in [5, 5.41) is 0. The quantitative estimate of drug-likeness (QED) is 0.513. The first-order chi connectivity index (χ1) is 15.9. The molecule has 0 unspecified atom stereocenters. The van der Waals surface area contributed by atoms with Gasteiger partial charge >= 0.3 is 0 Å². The molecule has 0 saturated carbocycles. The molecule has 0 radical (unpaired) electrons. The summed E-state index contributed by atoms with van der Waals surface area (Å²) in [7, 11) is -6.66. The van der Waals surface area contributed by atoms with Crippen LogP contribution in [0, 0.1) is 0 Å². The Balaban J connectivity index is 1.94. The summed E-state index contributed by atoms with van der Waals surface area (Å²) < 4.78 is 49.7. The maximum Gasteiger partial charge on any atom is 0.245 e. The van der Waals surface area contributed by atoms with Crippen LogP contribution in [0.4, 0.5) is 11.4 Å². The fourth-order valence-corrected chi connectivity index (χ4v) is 7.32. The Kier molecular flexibility index (Phi) is 7.89. The molecule has 3 rings (SSSR count). The summed E-state index contributed by atoms with van der Waals surface area (Å²) in [4.78, 5) is 17.4. The monoisotopic (exact) mass is 508 g/mol. The highest BCUT2D eigenvalue weighted by Crippen LogP contribution is 2.30. The molecule has 0 spiro atoms. The SMILES string of the molecule is CN(C(=O)Cc1ccc(N)cc1N(S(C)(=O)=O)S(C)(=O)=O)[C@H](CN1CCCC1)c1ccccc1. The van der Waals surface area contributed by atoms with Gasteiger partial charge in [-0.3, -0.25) is 4.79 Å². The fourth-order valence-electron chi connectivity index (χ4n) is 4.30. The van der Waals surface area contributed by atoms with Gasteiger partial charge in [0.15, 0.2) is 0 Å². The van der Waals surface area contributed by atoms with Crippen molar-refractivity contribution in [2.45, 2.75) is 25.3 Å². The normalized spacial score (nSPS) is 15.7. The average Bonchev–Trinajstić information content (AvgIpc) is 3.25. The van der Waals surface area contributed by atoms with Crippen LogP contribution < -0.4 is 9.44 Å². The summed E-state index contributed by atoms with van der Waals surface area (Å²) in [5.74, 6) is -0.263. The van der Waals surface area contributed by atoms with Gasteiger partial charge in [-0.1, -0.05) is 36.4 Å². The van der Waals surface area contributed by atoms with Crippen LogP contribution in [-0.2, 0) is 31.3 Å². The Hall–Kier alpha value is -2.63. The molecule has 1 saturated heterocycles. The third kappa shape index (κ3) is 6.28. The first-order valence-electron chi connectivity index (χ1n) is 11.0. The molecule has 9 nitrogen and oxygen atoms in total. The molecule has 0 bridgehead atoms. The third-order valence-electron chi connectivity index (χ3n) is 5.93. The van der Waals surface area contributed by atoms with Crippen LogP contribution in [0.2, 0.25) is 0 Å². The van der Waals surface area contributed by atoms with Crippen molar-refractivity contribution >= 4 is 37.3 Å². The van der Waals surface area contributed by atoms with Gasteiger partial charge in [0.25, 0.3) is 0 Å². The molecule has 11 heteroatoms. The first kappa shape index (κ1) is 26.0. The Morgan fingerprint density at radius 2 is 1.59 bits per heavy atom. The lowest BCUT2D eigenvalue weighted by Gasteiger charge is -2.32. The van der Waals surface area contributed by atoms with Crippen LogP contribution in [-0.4, -0.2) is 71.7 Å². The van der Waals surface area contributed by atoms with Crippen molar-refractivity contribution in [3.05, 3.63) is 59.7 Å². The number of nitrogens with zero attached hydrogens (tertiary/aromatic N) is 3. The summed E-state index contributed by atoms with van der Waals surface area (Å²) in [5.41, 5.74) is 7.15. The highest BCUT2D eigenvalue weighted by Gasteiger charge is 2.31. The Bertz CT molecular complexity index is 1200. The molecule has 2 aromatic rings. The number of likely N-dealkylation sites (N-methyl/N-ethyl adjacent to an activating group) is 1. The summed E-state index contributed by atoms with van der Waals surface area (Å²) in [6.07, 6.45) is 3.67. The second kappa shape index (κ2) is 10.3. The summed E-state index contributed by atoms with van der Waals surface area (Å²) >= 11 is 0. The molecule has 0 aliphatic carbocycles. The van der Waals surface area contributed by atoms with Gasteiger partial charge in [-0.25, -0.2) is 16.8 Å². The highest BCUT2D eigenvalue weighted by molar-refractivity contribution is 8.09. The number of hydrogen-bond donors (Lipinski definition) is 1. The van der Waals surface area contributed by atoms with Gasteiger partial charge in [0.2, 0.25) is 26.0 Å². The Morgan fingerprint density at radius 1 is 1.00 bits per heavy atom. The number of hydrogen-bond acceptors (Lipinski definition) is 7. The number of carbonyl (C=O) groups is 1. The lowest BCUT2D eigenvalue weighted by Crippen LogP contribution is -2.40. The van der Waals surface area contributed by atoms with Crippen molar-refractivity contribution in [1.82, 2.24) is 9.80 Å². The molecule has 1 amide bonds. The van der Waals surface area contributed by atoms with Crippen LogP contribution in [0.25, 0.3) is 0 Å². The number of benzene rings is 2. The number of likely N-dealkylation sites (tertiary alicyclic amines) is 1. The molecule has 34 heavy (non-hydrogen) atoms. The van der Waals surface area contributed by atoms with Crippen LogP contribution in [0.1, 0.15) is 30.0 Å². The van der Waals surface area contributed by atoms with Crippen molar-refractivity contribution in [2.24, 2.45) is 0 Å². The van der Waals surface area contributed by atoms with E-state index in [1.807, 2.05) is 30.3 Å². The molecule has 2 N–H and O–H groups in total. The number of nitrogen functional groups attached to an aromatic ring is 1.